The maximum Gasteiger partial charge on any atom is 0.134 e. The van der Waals surface area contributed by atoms with Crippen molar-refractivity contribution in [1.29, 1.82) is 0 Å². The Bertz CT molecular complexity index is 425. The van der Waals surface area contributed by atoms with E-state index >= 15 is 0 Å². The first kappa shape index (κ1) is 14.5. The summed E-state index contributed by atoms with van der Waals surface area (Å²) in [6, 6.07) is 2.28. The molecule has 5 nitrogen and oxygen atoms in total. The van der Waals surface area contributed by atoms with Crippen LogP contribution in [-0.2, 0) is 6.42 Å². The number of halogens is 1. The number of piperazine rings is 1. The van der Waals surface area contributed by atoms with Gasteiger partial charge in [-0.05, 0) is 14.1 Å². The predicted octanol–water partition coefficient (Wildman–Crippen LogP) is 1.35. The van der Waals surface area contributed by atoms with E-state index in [0.29, 0.717) is 11.2 Å². The summed E-state index contributed by atoms with van der Waals surface area (Å²) >= 11 is 5.99. The van der Waals surface area contributed by atoms with Crippen molar-refractivity contribution in [3.8, 4) is 0 Å². The van der Waals surface area contributed by atoms with Gasteiger partial charge in [0.2, 0.25) is 0 Å². The van der Waals surface area contributed by atoms with Crippen LogP contribution in [0.25, 0.3) is 0 Å². The minimum Gasteiger partial charge on any atom is -0.368 e. The number of aryl methyl sites for hydroxylation is 1. The molecule has 1 aromatic rings. The van der Waals surface area contributed by atoms with E-state index in [2.05, 4.69) is 39.2 Å². The molecule has 2 rings (SSSR count). The lowest BCUT2D eigenvalue weighted by Gasteiger charge is -2.37. The Balaban J connectivity index is 1.96. The van der Waals surface area contributed by atoms with E-state index in [1.807, 2.05) is 6.92 Å². The monoisotopic (exact) mass is 283 g/mol. The van der Waals surface area contributed by atoms with Gasteiger partial charge in [-0.25, -0.2) is 9.97 Å². The highest BCUT2D eigenvalue weighted by Gasteiger charge is 2.21. The Morgan fingerprint density at radius 2 is 2.16 bits per heavy atom. The minimum absolute atomic E-state index is 0.498. The average molecular weight is 284 g/mol. The fourth-order valence-corrected chi connectivity index (χ4v) is 2.46. The molecule has 1 N–H and O–H groups in total. The van der Waals surface area contributed by atoms with Crippen LogP contribution in [0.1, 0.15) is 12.7 Å². The third-order valence-corrected chi connectivity index (χ3v) is 3.75. The van der Waals surface area contributed by atoms with Crippen LogP contribution in [0.4, 0.5) is 5.82 Å². The summed E-state index contributed by atoms with van der Waals surface area (Å²) in [5, 5.41) is 3.88. The van der Waals surface area contributed by atoms with Crippen LogP contribution in [0.5, 0.6) is 0 Å². The van der Waals surface area contributed by atoms with Crippen LogP contribution in [0, 0.1) is 0 Å². The van der Waals surface area contributed by atoms with Crippen LogP contribution < -0.4 is 5.32 Å². The van der Waals surface area contributed by atoms with Crippen molar-refractivity contribution < 1.29 is 0 Å². The molecule has 1 aromatic heterocycles. The number of anilines is 1. The Kier molecular flexibility index (Phi) is 4.96. The predicted molar refractivity (Wildman–Crippen MR) is 78.8 cm³/mol. The maximum atomic E-state index is 5.99. The van der Waals surface area contributed by atoms with Gasteiger partial charge in [0.15, 0.2) is 0 Å². The molecular formula is C13H22ClN5. The lowest BCUT2D eigenvalue weighted by molar-refractivity contribution is 0.122. The molecule has 1 saturated heterocycles. The summed E-state index contributed by atoms with van der Waals surface area (Å²) in [4.78, 5) is 13.4. The summed E-state index contributed by atoms with van der Waals surface area (Å²) in [7, 11) is 4.33. The van der Waals surface area contributed by atoms with E-state index in [1.54, 1.807) is 6.07 Å². The van der Waals surface area contributed by atoms with Gasteiger partial charge in [-0.3, -0.25) is 4.90 Å². The van der Waals surface area contributed by atoms with Gasteiger partial charge in [-0.15, -0.1) is 0 Å². The standard InChI is InChI=1S/C13H22ClN5/c1-4-12-16-11(14)7-13(17-12)15-8-10-9-18(2)5-6-19(10)3/h7,10H,4-6,8-9H2,1-3H3,(H,15,16,17). The third kappa shape index (κ3) is 4.03. The second-order valence-electron chi connectivity index (χ2n) is 5.12. The first-order valence-corrected chi connectivity index (χ1v) is 7.12. The molecule has 0 radical (unpaired) electrons. The molecule has 0 aromatic carbocycles. The Labute approximate surface area is 120 Å². The number of nitrogens with one attached hydrogen (secondary N) is 1. The lowest BCUT2D eigenvalue weighted by atomic mass is 10.2. The van der Waals surface area contributed by atoms with Crippen LogP contribution in [0.15, 0.2) is 6.07 Å². The molecule has 0 amide bonds. The SMILES string of the molecule is CCc1nc(Cl)cc(NCC2CN(C)CCN2C)n1. The number of hydrogen-bond acceptors (Lipinski definition) is 5. The highest BCUT2D eigenvalue weighted by Crippen LogP contribution is 2.13. The van der Waals surface area contributed by atoms with E-state index in [1.165, 1.54) is 0 Å². The molecule has 106 valence electrons. The van der Waals surface area contributed by atoms with Crippen molar-refractivity contribution in [2.45, 2.75) is 19.4 Å². The zero-order valence-corrected chi connectivity index (χ0v) is 12.6. The van der Waals surface area contributed by atoms with E-state index in [-0.39, 0.29) is 0 Å². The Morgan fingerprint density at radius 3 is 2.89 bits per heavy atom. The zero-order valence-electron chi connectivity index (χ0n) is 11.9. The van der Waals surface area contributed by atoms with Gasteiger partial charge in [-0.2, -0.15) is 0 Å². The van der Waals surface area contributed by atoms with Gasteiger partial charge < -0.3 is 10.2 Å². The van der Waals surface area contributed by atoms with Gasteiger partial charge in [0.05, 0.1) is 0 Å². The van der Waals surface area contributed by atoms with Crippen LogP contribution in [0.3, 0.4) is 0 Å². The second kappa shape index (κ2) is 6.50. The normalized spacial score (nSPS) is 21.6. The third-order valence-electron chi connectivity index (χ3n) is 3.56. The van der Waals surface area contributed by atoms with Crippen molar-refractivity contribution in [3.05, 3.63) is 17.0 Å². The van der Waals surface area contributed by atoms with E-state index in [0.717, 1.165) is 44.2 Å². The molecule has 0 saturated carbocycles. The summed E-state index contributed by atoms with van der Waals surface area (Å²) in [5.74, 6) is 1.60. The van der Waals surface area contributed by atoms with Crippen LogP contribution in [0.2, 0.25) is 5.15 Å². The molecule has 1 fully saturated rings. The van der Waals surface area contributed by atoms with Gasteiger partial charge in [0, 0.05) is 44.7 Å². The van der Waals surface area contributed by atoms with E-state index in [4.69, 9.17) is 11.6 Å². The summed E-state index contributed by atoms with van der Waals surface area (Å²) < 4.78 is 0. The number of rotatable bonds is 4. The first-order chi connectivity index (χ1) is 9.08. The van der Waals surface area contributed by atoms with Gasteiger partial charge in [0.1, 0.15) is 16.8 Å². The lowest BCUT2D eigenvalue weighted by Crippen LogP contribution is -2.52. The summed E-state index contributed by atoms with van der Waals surface area (Å²) in [6.45, 7) is 6.21. The molecule has 0 spiro atoms. The van der Waals surface area contributed by atoms with Crippen molar-refractivity contribution >= 4 is 17.4 Å². The van der Waals surface area contributed by atoms with Gasteiger partial charge in [-0.1, -0.05) is 18.5 Å². The molecule has 0 bridgehead atoms. The molecule has 19 heavy (non-hydrogen) atoms. The quantitative estimate of drug-likeness (QED) is 0.845. The van der Waals surface area contributed by atoms with Gasteiger partial charge >= 0.3 is 0 Å². The van der Waals surface area contributed by atoms with E-state index in [9.17, 15) is 0 Å². The maximum absolute atomic E-state index is 5.99. The average Bonchev–Trinajstić information content (AvgIpc) is 2.39. The topological polar surface area (TPSA) is 44.3 Å². The Hall–Kier alpha value is -0.910. The summed E-state index contributed by atoms with van der Waals surface area (Å²) in [6.07, 6.45) is 0.793. The molecule has 2 heterocycles. The molecule has 6 heteroatoms. The largest absolute Gasteiger partial charge is 0.368 e. The molecule has 1 unspecified atom stereocenters. The first-order valence-electron chi connectivity index (χ1n) is 6.74. The number of hydrogen-bond donors (Lipinski definition) is 1. The second-order valence-corrected chi connectivity index (χ2v) is 5.51. The van der Waals surface area contributed by atoms with Crippen molar-refractivity contribution in [2.24, 2.45) is 0 Å². The smallest absolute Gasteiger partial charge is 0.134 e. The molecule has 1 aliphatic rings. The Morgan fingerprint density at radius 1 is 1.37 bits per heavy atom. The van der Waals surface area contributed by atoms with Crippen molar-refractivity contribution in [1.82, 2.24) is 19.8 Å². The number of nitrogens with zero attached hydrogens (tertiary/aromatic N) is 4. The van der Waals surface area contributed by atoms with Crippen LogP contribution in [-0.4, -0.2) is 66.1 Å². The number of aromatic nitrogens is 2. The zero-order chi connectivity index (χ0) is 13.8. The minimum atomic E-state index is 0.498. The fraction of sp³-hybridized carbons (Fsp3) is 0.692. The molecule has 1 aliphatic heterocycles. The van der Waals surface area contributed by atoms with Crippen LogP contribution >= 0.6 is 11.6 Å². The molecule has 0 aliphatic carbocycles. The van der Waals surface area contributed by atoms with Crippen molar-refractivity contribution in [2.75, 3.05) is 45.6 Å². The number of likely N-dealkylation sites (N-methyl/N-ethyl adjacent to an activating group) is 2. The highest BCUT2D eigenvalue weighted by atomic mass is 35.5. The van der Waals surface area contributed by atoms with Gasteiger partial charge in [0.25, 0.3) is 0 Å². The molecular weight excluding hydrogens is 262 g/mol. The fourth-order valence-electron chi connectivity index (χ4n) is 2.26. The van der Waals surface area contributed by atoms with E-state index < -0.39 is 0 Å². The summed E-state index contributed by atoms with van der Waals surface area (Å²) in [5.41, 5.74) is 0. The van der Waals surface area contributed by atoms with Crippen molar-refractivity contribution in [3.63, 3.8) is 0 Å². The highest BCUT2D eigenvalue weighted by molar-refractivity contribution is 6.29. The molecule has 1 atom stereocenters.